The normalized spacial score (nSPS) is 22.8. The van der Waals surface area contributed by atoms with Crippen molar-refractivity contribution < 1.29 is 9.90 Å². The molecule has 2 N–H and O–H groups in total. The van der Waals surface area contributed by atoms with Crippen molar-refractivity contribution in [3.63, 3.8) is 0 Å². The lowest BCUT2D eigenvalue weighted by atomic mass is 9.92. The molecule has 0 heterocycles. The summed E-state index contributed by atoms with van der Waals surface area (Å²) in [6.45, 7) is 4.23. The van der Waals surface area contributed by atoms with E-state index in [1.807, 2.05) is 24.3 Å². The lowest BCUT2D eigenvalue weighted by Gasteiger charge is -2.28. The van der Waals surface area contributed by atoms with E-state index in [0.29, 0.717) is 10.8 Å². The Bertz CT molecular complexity index is 462. The van der Waals surface area contributed by atoms with Gasteiger partial charge in [-0.3, -0.25) is 4.79 Å². The van der Waals surface area contributed by atoms with Crippen LogP contribution < -0.4 is 5.32 Å². The van der Waals surface area contributed by atoms with Crippen LogP contribution in [0.2, 0.25) is 0 Å². The molecule has 0 bridgehead atoms. The van der Waals surface area contributed by atoms with Gasteiger partial charge in [0.25, 0.3) is 5.91 Å². The van der Waals surface area contributed by atoms with Crippen LogP contribution >= 0.6 is 11.8 Å². The van der Waals surface area contributed by atoms with Gasteiger partial charge in [-0.2, -0.15) is 0 Å². The largest absolute Gasteiger partial charge is 0.391 e. The number of hydrogen-bond donors (Lipinski definition) is 2. The molecular formula is C16H23NO2S. The van der Waals surface area contributed by atoms with Crippen LogP contribution in [-0.2, 0) is 0 Å². The van der Waals surface area contributed by atoms with Gasteiger partial charge in [-0.05, 0) is 25.0 Å². The predicted molar refractivity (Wildman–Crippen MR) is 83.2 cm³/mol. The van der Waals surface area contributed by atoms with E-state index in [2.05, 4.69) is 19.2 Å². The maximum Gasteiger partial charge on any atom is 0.252 e. The van der Waals surface area contributed by atoms with Crippen molar-refractivity contribution in [1.82, 2.24) is 5.32 Å². The Morgan fingerprint density at radius 2 is 2.00 bits per heavy atom. The first-order chi connectivity index (χ1) is 9.58. The molecule has 1 fully saturated rings. The van der Waals surface area contributed by atoms with E-state index < -0.39 is 6.10 Å². The van der Waals surface area contributed by atoms with E-state index in [1.165, 1.54) is 0 Å². The van der Waals surface area contributed by atoms with Gasteiger partial charge in [0.05, 0.1) is 17.7 Å². The molecular weight excluding hydrogens is 270 g/mol. The summed E-state index contributed by atoms with van der Waals surface area (Å²) in [5, 5.41) is 13.4. The van der Waals surface area contributed by atoms with Gasteiger partial charge in [0.15, 0.2) is 0 Å². The molecule has 3 nitrogen and oxygen atoms in total. The summed E-state index contributed by atoms with van der Waals surface area (Å²) in [7, 11) is 0. The van der Waals surface area contributed by atoms with E-state index in [1.54, 1.807) is 11.8 Å². The molecule has 4 heteroatoms. The molecule has 1 saturated carbocycles. The summed E-state index contributed by atoms with van der Waals surface area (Å²) in [4.78, 5) is 13.4. The van der Waals surface area contributed by atoms with Crippen LogP contribution in [0.25, 0.3) is 0 Å². The van der Waals surface area contributed by atoms with E-state index in [4.69, 9.17) is 0 Å². The molecule has 0 aliphatic heterocycles. The van der Waals surface area contributed by atoms with E-state index in [0.717, 1.165) is 30.6 Å². The molecule has 2 rings (SSSR count). The summed E-state index contributed by atoms with van der Waals surface area (Å²) in [6, 6.07) is 7.58. The molecule has 1 aromatic rings. The van der Waals surface area contributed by atoms with Gasteiger partial charge in [-0.25, -0.2) is 0 Å². The highest BCUT2D eigenvalue weighted by atomic mass is 32.2. The average Bonchev–Trinajstić information content (AvgIpc) is 2.41. The molecule has 2 atom stereocenters. The van der Waals surface area contributed by atoms with Crippen LogP contribution in [0.1, 0.15) is 49.9 Å². The summed E-state index contributed by atoms with van der Waals surface area (Å²) in [5.74, 6) is -0.0697. The smallest absolute Gasteiger partial charge is 0.252 e. The van der Waals surface area contributed by atoms with Crippen LogP contribution in [-0.4, -0.2) is 28.4 Å². The number of nitrogens with one attached hydrogen (secondary N) is 1. The zero-order valence-corrected chi connectivity index (χ0v) is 13.0. The molecule has 0 spiro atoms. The minimum absolute atomic E-state index is 0.0697. The number of aliphatic hydroxyl groups excluding tert-OH is 1. The van der Waals surface area contributed by atoms with E-state index >= 15 is 0 Å². The lowest BCUT2D eigenvalue weighted by molar-refractivity contribution is 0.0715. The Labute approximate surface area is 125 Å². The Hall–Kier alpha value is -1.00. The highest BCUT2D eigenvalue weighted by molar-refractivity contribution is 8.00. The maximum absolute atomic E-state index is 12.4. The number of carbonyl (C=O) groups excluding carboxylic acids is 1. The molecule has 0 radical (unpaired) electrons. The van der Waals surface area contributed by atoms with Gasteiger partial charge in [-0.1, -0.05) is 38.8 Å². The van der Waals surface area contributed by atoms with Crippen LogP contribution in [0.3, 0.4) is 0 Å². The molecule has 1 aromatic carbocycles. The first-order valence-electron chi connectivity index (χ1n) is 7.32. The second-order valence-electron chi connectivity index (χ2n) is 5.59. The molecule has 110 valence electrons. The SMILES string of the molecule is CC(C)Sc1ccccc1C(=O)NC1CCCCC1O. The minimum atomic E-state index is -0.405. The van der Waals surface area contributed by atoms with Crippen LogP contribution in [0.5, 0.6) is 0 Å². The van der Waals surface area contributed by atoms with Crippen molar-refractivity contribution in [3.05, 3.63) is 29.8 Å². The molecule has 2 unspecified atom stereocenters. The number of amides is 1. The van der Waals surface area contributed by atoms with Gasteiger partial charge in [0.2, 0.25) is 0 Å². The fourth-order valence-electron chi connectivity index (χ4n) is 2.54. The van der Waals surface area contributed by atoms with E-state index in [9.17, 15) is 9.90 Å². The van der Waals surface area contributed by atoms with Gasteiger partial charge < -0.3 is 10.4 Å². The van der Waals surface area contributed by atoms with Crippen LogP contribution in [0, 0.1) is 0 Å². The van der Waals surface area contributed by atoms with Crippen molar-refractivity contribution in [2.45, 2.75) is 61.8 Å². The summed E-state index contributed by atoms with van der Waals surface area (Å²) < 4.78 is 0. The summed E-state index contributed by atoms with van der Waals surface area (Å²) in [6.07, 6.45) is 3.37. The first kappa shape index (κ1) is 15.4. The first-order valence-corrected chi connectivity index (χ1v) is 8.20. The van der Waals surface area contributed by atoms with Crippen molar-refractivity contribution in [1.29, 1.82) is 0 Å². The molecule has 0 aromatic heterocycles. The molecule has 1 aliphatic rings. The Morgan fingerprint density at radius 3 is 2.70 bits per heavy atom. The molecule has 20 heavy (non-hydrogen) atoms. The summed E-state index contributed by atoms with van der Waals surface area (Å²) >= 11 is 1.69. The molecule has 1 aliphatic carbocycles. The highest BCUT2D eigenvalue weighted by Gasteiger charge is 2.25. The zero-order chi connectivity index (χ0) is 14.5. The van der Waals surface area contributed by atoms with Crippen molar-refractivity contribution >= 4 is 17.7 Å². The number of rotatable bonds is 4. The topological polar surface area (TPSA) is 49.3 Å². The third-order valence-electron chi connectivity index (χ3n) is 3.54. The number of aliphatic hydroxyl groups is 1. The number of carbonyl (C=O) groups is 1. The van der Waals surface area contributed by atoms with Gasteiger partial charge in [0, 0.05) is 10.1 Å². The number of hydrogen-bond acceptors (Lipinski definition) is 3. The van der Waals surface area contributed by atoms with Gasteiger partial charge in [0.1, 0.15) is 0 Å². The Kier molecular flexibility index (Phi) is 5.49. The van der Waals surface area contributed by atoms with Crippen LogP contribution in [0.4, 0.5) is 0 Å². The fraction of sp³-hybridized carbons (Fsp3) is 0.562. The maximum atomic E-state index is 12.4. The second-order valence-corrected chi connectivity index (χ2v) is 7.21. The Morgan fingerprint density at radius 1 is 1.30 bits per heavy atom. The third kappa shape index (κ3) is 4.00. The second kappa shape index (κ2) is 7.14. The predicted octanol–water partition coefficient (Wildman–Crippen LogP) is 3.22. The van der Waals surface area contributed by atoms with Crippen molar-refractivity contribution in [2.75, 3.05) is 0 Å². The minimum Gasteiger partial charge on any atom is -0.391 e. The highest BCUT2D eigenvalue weighted by Crippen LogP contribution is 2.27. The monoisotopic (exact) mass is 293 g/mol. The standard InChI is InChI=1S/C16H23NO2S/c1-11(2)20-15-10-6-3-7-12(15)16(19)17-13-8-4-5-9-14(13)18/h3,6-7,10-11,13-14,18H,4-5,8-9H2,1-2H3,(H,17,19). The number of benzene rings is 1. The number of thioether (sulfide) groups is 1. The van der Waals surface area contributed by atoms with Crippen LogP contribution in [0.15, 0.2) is 29.2 Å². The quantitative estimate of drug-likeness (QED) is 0.838. The third-order valence-corrected chi connectivity index (χ3v) is 4.62. The van der Waals surface area contributed by atoms with Crippen molar-refractivity contribution in [3.8, 4) is 0 Å². The zero-order valence-electron chi connectivity index (χ0n) is 12.1. The summed E-state index contributed by atoms with van der Waals surface area (Å²) in [5.41, 5.74) is 0.712. The lowest BCUT2D eigenvalue weighted by Crippen LogP contribution is -2.45. The fourth-order valence-corrected chi connectivity index (χ4v) is 3.49. The van der Waals surface area contributed by atoms with Gasteiger partial charge in [-0.15, -0.1) is 11.8 Å². The van der Waals surface area contributed by atoms with Crippen molar-refractivity contribution in [2.24, 2.45) is 0 Å². The average molecular weight is 293 g/mol. The molecule has 1 amide bonds. The molecule has 0 saturated heterocycles. The van der Waals surface area contributed by atoms with E-state index in [-0.39, 0.29) is 11.9 Å². The Balaban J connectivity index is 2.08. The van der Waals surface area contributed by atoms with Gasteiger partial charge >= 0.3 is 0 Å².